The number of benzene rings is 1. The summed E-state index contributed by atoms with van der Waals surface area (Å²) in [7, 11) is 0. The van der Waals surface area contributed by atoms with E-state index in [9.17, 15) is 18.0 Å². The van der Waals surface area contributed by atoms with Gasteiger partial charge < -0.3 is 15.8 Å². The molecule has 0 aromatic heterocycles. The number of anilines is 1. The van der Waals surface area contributed by atoms with Gasteiger partial charge in [0, 0.05) is 0 Å². The SMILES string of the molecule is CCC(C)[C@H](N)C(=O)Nc1ccccc1OCC(F)(F)F. The molecule has 3 N–H and O–H groups in total. The van der Waals surface area contributed by atoms with Crippen LogP contribution in [0.1, 0.15) is 20.3 Å². The summed E-state index contributed by atoms with van der Waals surface area (Å²) in [6.07, 6.45) is -3.72. The van der Waals surface area contributed by atoms with Gasteiger partial charge >= 0.3 is 6.18 Å². The molecular formula is C14H19F3N2O2. The summed E-state index contributed by atoms with van der Waals surface area (Å²) < 4.78 is 41.2. The Hall–Kier alpha value is -1.76. The Balaban J connectivity index is 2.77. The highest BCUT2D eigenvalue weighted by molar-refractivity contribution is 5.96. The van der Waals surface area contributed by atoms with E-state index in [1.54, 1.807) is 6.07 Å². The number of amides is 1. The lowest BCUT2D eigenvalue weighted by Crippen LogP contribution is -2.40. The highest BCUT2D eigenvalue weighted by Gasteiger charge is 2.29. The number of ether oxygens (including phenoxy) is 1. The number of hydrogen-bond donors (Lipinski definition) is 2. The molecule has 4 nitrogen and oxygen atoms in total. The summed E-state index contributed by atoms with van der Waals surface area (Å²) >= 11 is 0. The van der Waals surface area contributed by atoms with E-state index < -0.39 is 24.7 Å². The lowest BCUT2D eigenvalue weighted by Gasteiger charge is -2.19. The second-order valence-corrected chi connectivity index (χ2v) is 4.80. The molecule has 0 radical (unpaired) electrons. The molecule has 0 fully saturated rings. The van der Waals surface area contributed by atoms with Crippen molar-refractivity contribution in [3.8, 4) is 5.75 Å². The summed E-state index contributed by atoms with van der Waals surface area (Å²) in [4.78, 5) is 12.0. The Bertz CT molecular complexity index is 478. The summed E-state index contributed by atoms with van der Waals surface area (Å²) in [5.74, 6) is -0.528. The first kappa shape index (κ1) is 17.3. The molecule has 0 aliphatic heterocycles. The van der Waals surface area contributed by atoms with Gasteiger partial charge in [-0.05, 0) is 18.1 Å². The number of halogens is 3. The number of para-hydroxylation sites is 2. The number of carbonyl (C=O) groups is 1. The molecule has 1 aromatic carbocycles. The van der Waals surface area contributed by atoms with Crippen LogP contribution in [-0.4, -0.2) is 24.7 Å². The first-order chi connectivity index (χ1) is 9.74. The van der Waals surface area contributed by atoms with Crippen LogP contribution in [0, 0.1) is 5.92 Å². The largest absolute Gasteiger partial charge is 0.482 e. The van der Waals surface area contributed by atoms with Crippen LogP contribution in [0.4, 0.5) is 18.9 Å². The lowest BCUT2D eigenvalue weighted by atomic mass is 9.99. The number of hydrogen-bond acceptors (Lipinski definition) is 3. The van der Waals surface area contributed by atoms with Gasteiger partial charge in [-0.3, -0.25) is 4.79 Å². The highest BCUT2D eigenvalue weighted by atomic mass is 19.4. The lowest BCUT2D eigenvalue weighted by molar-refractivity contribution is -0.153. The van der Waals surface area contributed by atoms with Crippen molar-refractivity contribution in [1.29, 1.82) is 0 Å². The molecule has 7 heteroatoms. The second-order valence-electron chi connectivity index (χ2n) is 4.80. The van der Waals surface area contributed by atoms with Gasteiger partial charge in [-0.15, -0.1) is 0 Å². The summed E-state index contributed by atoms with van der Waals surface area (Å²) in [5.41, 5.74) is 5.95. The zero-order chi connectivity index (χ0) is 16.0. The molecule has 21 heavy (non-hydrogen) atoms. The standard InChI is InChI=1S/C14H19F3N2O2/c1-3-9(2)12(18)13(20)19-10-6-4-5-7-11(10)21-8-14(15,16)17/h4-7,9,12H,3,8,18H2,1-2H3,(H,19,20)/t9?,12-/m0/s1. The molecule has 0 spiro atoms. The van der Waals surface area contributed by atoms with Crippen LogP contribution in [0.25, 0.3) is 0 Å². The molecule has 2 atom stereocenters. The summed E-state index contributed by atoms with van der Waals surface area (Å²) in [6, 6.07) is 5.20. The molecule has 1 unspecified atom stereocenters. The third-order valence-electron chi connectivity index (χ3n) is 3.10. The fraction of sp³-hybridized carbons (Fsp3) is 0.500. The molecule has 0 saturated heterocycles. The van der Waals surface area contributed by atoms with Gasteiger partial charge in [-0.1, -0.05) is 32.4 Å². The van der Waals surface area contributed by atoms with Crippen molar-refractivity contribution in [3.63, 3.8) is 0 Å². The minimum atomic E-state index is -4.44. The molecule has 1 rings (SSSR count). The minimum Gasteiger partial charge on any atom is -0.482 e. The average Bonchev–Trinajstić information content (AvgIpc) is 2.43. The summed E-state index contributed by atoms with van der Waals surface area (Å²) in [6.45, 7) is 2.31. The molecule has 0 saturated carbocycles. The van der Waals surface area contributed by atoms with Crippen LogP contribution < -0.4 is 15.8 Å². The number of nitrogens with one attached hydrogen (secondary N) is 1. The van der Waals surface area contributed by atoms with Crippen LogP contribution in [0.3, 0.4) is 0 Å². The van der Waals surface area contributed by atoms with Crippen molar-refractivity contribution in [1.82, 2.24) is 0 Å². The van der Waals surface area contributed by atoms with Crippen molar-refractivity contribution in [3.05, 3.63) is 24.3 Å². The van der Waals surface area contributed by atoms with Crippen molar-refractivity contribution in [2.75, 3.05) is 11.9 Å². The normalized spacial score (nSPS) is 14.4. The average molecular weight is 304 g/mol. The first-order valence-electron chi connectivity index (χ1n) is 6.59. The minimum absolute atomic E-state index is 0.0340. The Kier molecular flexibility index (Phi) is 6.02. The van der Waals surface area contributed by atoms with Crippen molar-refractivity contribution < 1.29 is 22.7 Å². The third-order valence-corrected chi connectivity index (χ3v) is 3.10. The van der Waals surface area contributed by atoms with Gasteiger partial charge in [0.05, 0.1) is 11.7 Å². The molecule has 1 aromatic rings. The van der Waals surface area contributed by atoms with Gasteiger partial charge in [0.15, 0.2) is 6.61 Å². The Labute approximate surface area is 121 Å². The van der Waals surface area contributed by atoms with Gasteiger partial charge in [0.2, 0.25) is 5.91 Å². The number of alkyl halides is 3. The predicted molar refractivity (Wildman–Crippen MR) is 74.1 cm³/mol. The molecular weight excluding hydrogens is 285 g/mol. The Morgan fingerprint density at radius 3 is 2.57 bits per heavy atom. The maximum atomic E-state index is 12.2. The van der Waals surface area contributed by atoms with Gasteiger partial charge in [-0.25, -0.2) is 0 Å². The number of nitrogens with two attached hydrogens (primary N) is 1. The third kappa shape index (κ3) is 5.63. The van der Waals surface area contributed by atoms with Gasteiger partial charge in [-0.2, -0.15) is 13.2 Å². The van der Waals surface area contributed by atoms with Crippen LogP contribution >= 0.6 is 0 Å². The van der Waals surface area contributed by atoms with Gasteiger partial charge in [0.1, 0.15) is 5.75 Å². The van der Waals surface area contributed by atoms with E-state index in [1.807, 2.05) is 13.8 Å². The highest BCUT2D eigenvalue weighted by Crippen LogP contribution is 2.26. The van der Waals surface area contributed by atoms with Crippen molar-refractivity contribution in [2.45, 2.75) is 32.5 Å². The maximum Gasteiger partial charge on any atom is 0.422 e. The van der Waals surface area contributed by atoms with E-state index in [2.05, 4.69) is 10.1 Å². The van der Waals surface area contributed by atoms with E-state index in [4.69, 9.17) is 5.73 Å². The zero-order valence-corrected chi connectivity index (χ0v) is 11.9. The first-order valence-corrected chi connectivity index (χ1v) is 6.59. The van der Waals surface area contributed by atoms with Crippen LogP contribution in [0.2, 0.25) is 0 Å². The van der Waals surface area contributed by atoms with Crippen LogP contribution in [0.15, 0.2) is 24.3 Å². The van der Waals surface area contributed by atoms with E-state index in [0.29, 0.717) is 0 Å². The fourth-order valence-corrected chi connectivity index (χ4v) is 1.58. The molecule has 1 amide bonds. The van der Waals surface area contributed by atoms with E-state index in [1.165, 1.54) is 18.2 Å². The van der Waals surface area contributed by atoms with Crippen molar-refractivity contribution >= 4 is 11.6 Å². The summed E-state index contributed by atoms with van der Waals surface area (Å²) in [5, 5.41) is 2.51. The smallest absolute Gasteiger partial charge is 0.422 e. The number of carbonyl (C=O) groups excluding carboxylic acids is 1. The van der Waals surface area contributed by atoms with E-state index in [-0.39, 0.29) is 17.4 Å². The topological polar surface area (TPSA) is 64.4 Å². The predicted octanol–water partition coefficient (Wildman–Crippen LogP) is 2.94. The fourth-order valence-electron chi connectivity index (χ4n) is 1.58. The molecule has 0 aliphatic carbocycles. The van der Waals surface area contributed by atoms with Crippen LogP contribution in [-0.2, 0) is 4.79 Å². The molecule has 0 aliphatic rings. The molecule has 0 heterocycles. The Morgan fingerprint density at radius 1 is 1.38 bits per heavy atom. The van der Waals surface area contributed by atoms with E-state index >= 15 is 0 Å². The monoisotopic (exact) mass is 304 g/mol. The quantitative estimate of drug-likeness (QED) is 0.849. The molecule has 118 valence electrons. The maximum absolute atomic E-state index is 12.2. The Morgan fingerprint density at radius 2 is 2.00 bits per heavy atom. The number of rotatable bonds is 6. The zero-order valence-electron chi connectivity index (χ0n) is 11.9. The molecule has 0 bridgehead atoms. The van der Waals surface area contributed by atoms with Gasteiger partial charge in [0.25, 0.3) is 0 Å². The second kappa shape index (κ2) is 7.31. The van der Waals surface area contributed by atoms with Crippen LogP contribution in [0.5, 0.6) is 5.75 Å². The van der Waals surface area contributed by atoms with E-state index in [0.717, 1.165) is 6.42 Å². The van der Waals surface area contributed by atoms with Crippen molar-refractivity contribution in [2.24, 2.45) is 11.7 Å².